The molecule has 0 radical (unpaired) electrons. The summed E-state index contributed by atoms with van der Waals surface area (Å²) >= 11 is 0. The Balaban J connectivity index is 1.81. The Bertz CT molecular complexity index is 695. The molecule has 0 bridgehead atoms. The number of halogens is 3. The van der Waals surface area contributed by atoms with E-state index in [1.54, 1.807) is 0 Å². The molecule has 1 aliphatic carbocycles. The number of carboxylic acids is 1. The second-order valence-corrected chi connectivity index (χ2v) is 6.68. The van der Waals surface area contributed by atoms with Crippen molar-refractivity contribution >= 4 is 11.9 Å². The minimum atomic E-state index is -4.51. The molecule has 9 heteroatoms. The number of amides is 1. The standard InChI is InChI=1S/C17H19F3N2O4/c18-17(19,20)9-26-14-7-3-5-11(21-14)15(23)22-12-6-2-1-4-10(12)8-13(22)16(24)25/h3,5,7,10,12-13H,1-2,4,6,8-9H2,(H,24,25). The molecular weight excluding hydrogens is 353 g/mol. The van der Waals surface area contributed by atoms with Gasteiger partial charge in [-0.05, 0) is 31.2 Å². The maximum atomic E-state index is 12.9. The highest BCUT2D eigenvalue weighted by Crippen LogP contribution is 2.40. The molecule has 1 amide bonds. The summed E-state index contributed by atoms with van der Waals surface area (Å²) in [6.45, 7) is -1.51. The molecule has 142 valence electrons. The van der Waals surface area contributed by atoms with Crippen LogP contribution in [0.3, 0.4) is 0 Å². The Morgan fingerprint density at radius 3 is 2.69 bits per heavy atom. The molecule has 1 N–H and O–H groups in total. The zero-order valence-electron chi connectivity index (χ0n) is 13.9. The number of aliphatic carboxylic acids is 1. The molecule has 1 aromatic rings. The summed E-state index contributed by atoms with van der Waals surface area (Å²) in [6.07, 6.45) is -0.588. The highest BCUT2D eigenvalue weighted by atomic mass is 19.4. The highest BCUT2D eigenvalue weighted by Gasteiger charge is 2.48. The van der Waals surface area contributed by atoms with E-state index in [1.165, 1.54) is 23.1 Å². The first-order valence-electron chi connectivity index (χ1n) is 8.48. The Kier molecular flexibility index (Phi) is 5.06. The van der Waals surface area contributed by atoms with Crippen molar-refractivity contribution in [2.45, 2.75) is 50.4 Å². The molecule has 1 aromatic heterocycles. The minimum Gasteiger partial charge on any atom is -0.480 e. The van der Waals surface area contributed by atoms with E-state index >= 15 is 0 Å². The minimum absolute atomic E-state index is 0.109. The molecule has 3 unspecified atom stereocenters. The Morgan fingerprint density at radius 1 is 1.27 bits per heavy atom. The second kappa shape index (κ2) is 7.13. The number of fused-ring (bicyclic) bond motifs is 1. The predicted molar refractivity (Wildman–Crippen MR) is 83.7 cm³/mol. The lowest BCUT2D eigenvalue weighted by Crippen LogP contribution is -2.46. The first-order valence-corrected chi connectivity index (χ1v) is 8.48. The van der Waals surface area contributed by atoms with Crippen LogP contribution in [0.15, 0.2) is 18.2 Å². The van der Waals surface area contributed by atoms with Gasteiger partial charge in [0.1, 0.15) is 11.7 Å². The van der Waals surface area contributed by atoms with Crippen LogP contribution in [0, 0.1) is 5.92 Å². The van der Waals surface area contributed by atoms with Crippen LogP contribution in [-0.2, 0) is 4.79 Å². The average Bonchev–Trinajstić information content (AvgIpc) is 2.99. The first kappa shape index (κ1) is 18.5. The van der Waals surface area contributed by atoms with E-state index in [0.29, 0.717) is 6.42 Å². The fraction of sp³-hybridized carbons (Fsp3) is 0.588. The van der Waals surface area contributed by atoms with Gasteiger partial charge in [0.25, 0.3) is 5.91 Å². The fourth-order valence-electron chi connectivity index (χ4n) is 3.88. The lowest BCUT2D eigenvalue weighted by molar-refractivity contribution is -0.154. The third kappa shape index (κ3) is 3.91. The molecule has 1 saturated heterocycles. The van der Waals surface area contributed by atoms with Gasteiger partial charge in [-0.1, -0.05) is 18.9 Å². The Morgan fingerprint density at radius 2 is 2.00 bits per heavy atom. The molecule has 1 aliphatic heterocycles. The molecule has 26 heavy (non-hydrogen) atoms. The van der Waals surface area contributed by atoms with Crippen LogP contribution in [0.1, 0.15) is 42.6 Å². The molecule has 3 rings (SSSR count). The smallest absolute Gasteiger partial charge is 0.422 e. The van der Waals surface area contributed by atoms with E-state index in [1.807, 2.05) is 0 Å². The summed E-state index contributed by atoms with van der Waals surface area (Å²) in [4.78, 5) is 29.7. The molecule has 2 fully saturated rings. The molecule has 0 aromatic carbocycles. The van der Waals surface area contributed by atoms with E-state index in [2.05, 4.69) is 9.72 Å². The number of nitrogens with zero attached hydrogens (tertiary/aromatic N) is 2. The van der Waals surface area contributed by atoms with Crippen molar-refractivity contribution in [1.29, 1.82) is 0 Å². The topological polar surface area (TPSA) is 79.7 Å². The van der Waals surface area contributed by atoms with Crippen molar-refractivity contribution in [3.05, 3.63) is 23.9 Å². The third-order valence-electron chi connectivity index (χ3n) is 4.93. The van der Waals surface area contributed by atoms with E-state index in [-0.39, 0.29) is 23.5 Å². The highest BCUT2D eigenvalue weighted by molar-refractivity contribution is 5.95. The number of carbonyl (C=O) groups excluding carboxylic acids is 1. The van der Waals surface area contributed by atoms with Crippen LogP contribution in [0.5, 0.6) is 5.88 Å². The van der Waals surface area contributed by atoms with Crippen molar-refractivity contribution in [2.24, 2.45) is 5.92 Å². The SMILES string of the molecule is O=C(O)C1CC2CCCCC2N1C(=O)c1cccc(OCC(F)(F)F)n1. The molecule has 3 atom stereocenters. The van der Waals surface area contributed by atoms with Crippen LogP contribution in [-0.4, -0.2) is 51.7 Å². The van der Waals surface area contributed by atoms with Crippen LogP contribution in [0.25, 0.3) is 0 Å². The van der Waals surface area contributed by atoms with Crippen LogP contribution < -0.4 is 4.74 Å². The largest absolute Gasteiger partial charge is 0.480 e. The molecular formula is C17H19F3N2O4. The lowest BCUT2D eigenvalue weighted by Gasteiger charge is -2.32. The van der Waals surface area contributed by atoms with E-state index in [4.69, 9.17) is 0 Å². The van der Waals surface area contributed by atoms with Gasteiger partial charge in [-0.2, -0.15) is 13.2 Å². The van der Waals surface area contributed by atoms with Gasteiger partial charge in [-0.3, -0.25) is 4.79 Å². The molecule has 2 heterocycles. The summed E-state index contributed by atoms with van der Waals surface area (Å²) in [7, 11) is 0. The second-order valence-electron chi connectivity index (χ2n) is 6.68. The number of rotatable bonds is 4. The summed E-state index contributed by atoms with van der Waals surface area (Å²) in [5.74, 6) is -1.83. The summed E-state index contributed by atoms with van der Waals surface area (Å²) in [6, 6.07) is 2.86. The number of carboxylic acid groups (broad SMARTS) is 1. The number of ether oxygens (including phenoxy) is 1. The zero-order chi connectivity index (χ0) is 18.9. The van der Waals surface area contributed by atoms with Gasteiger partial charge in [-0.25, -0.2) is 9.78 Å². The van der Waals surface area contributed by atoms with E-state index in [0.717, 1.165) is 25.7 Å². The normalized spacial score (nSPS) is 25.7. The number of aromatic nitrogens is 1. The average molecular weight is 372 g/mol. The van der Waals surface area contributed by atoms with Gasteiger partial charge in [-0.15, -0.1) is 0 Å². The number of alkyl halides is 3. The number of carbonyl (C=O) groups is 2. The summed E-state index contributed by atoms with van der Waals surface area (Å²) in [5, 5.41) is 9.49. The van der Waals surface area contributed by atoms with Gasteiger partial charge < -0.3 is 14.7 Å². The Hall–Kier alpha value is -2.32. The number of likely N-dealkylation sites (tertiary alicyclic amines) is 1. The molecule has 6 nitrogen and oxygen atoms in total. The fourth-order valence-corrected chi connectivity index (χ4v) is 3.88. The van der Waals surface area contributed by atoms with Gasteiger partial charge in [0.2, 0.25) is 5.88 Å². The molecule has 0 spiro atoms. The maximum Gasteiger partial charge on any atom is 0.422 e. The van der Waals surface area contributed by atoms with Crippen molar-refractivity contribution in [1.82, 2.24) is 9.88 Å². The predicted octanol–water partition coefficient (Wildman–Crippen LogP) is 2.88. The van der Waals surface area contributed by atoms with Crippen molar-refractivity contribution < 1.29 is 32.6 Å². The Labute approximate surface area is 148 Å². The zero-order valence-corrected chi connectivity index (χ0v) is 13.9. The van der Waals surface area contributed by atoms with Crippen LogP contribution in [0.4, 0.5) is 13.2 Å². The summed E-state index contributed by atoms with van der Waals surface area (Å²) in [5.41, 5.74) is -0.109. The van der Waals surface area contributed by atoms with Crippen molar-refractivity contribution in [3.8, 4) is 5.88 Å². The van der Waals surface area contributed by atoms with Gasteiger partial charge in [0.05, 0.1) is 0 Å². The lowest BCUT2D eigenvalue weighted by atomic mass is 9.84. The number of hydrogen-bond donors (Lipinski definition) is 1. The summed E-state index contributed by atoms with van der Waals surface area (Å²) < 4.78 is 41.4. The number of hydrogen-bond acceptors (Lipinski definition) is 4. The van der Waals surface area contributed by atoms with Gasteiger partial charge >= 0.3 is 12.1 Å². The molecule has 1 saturated carbocycles. The van der Waals surface area contributed by atoms with Gasteiger partial charge in [0.15, 0.2) is 6.61 Å². The van der Waals surface area contributed by atoms with Crippen molar-refractivity contribution in [3.63, 3.8) is 0 Å². The maximum absolute atomic E-state index is 12.9. The van der Waals surface area contributed by atoms with E-state index < -0.39 is 30.7 Å². The van der Waals surface area contributed by atoms with Crippen LogP contribution in [0.2, 0.25) is 0 Å². The monoisotopic (exact) mass is 372 g/mol. The van der Waals surface area contributed by atoms with Gasteiger partial charge in [0, 0.05) is 12.1 Å². The quantitative estimate of drug-likeness (QED) is 0.879. The third-order valence-corrected chi connectivity index (χ3v) is 4.93. The van der Waals surface area contributed by atoms with Crippen LogP contribution >= 0.6 is 0 Å². The van der Waals surface area contributed by atoms with Crippen molar-refractivity contribution in [2.75, 3.05) is 6.61 Å². The molecule has 2 aliphatic rings. The number of pyridine rings is 1. The first-order chi connectivity index (χ1) is 12.3. The van der Waals surface area contributed by atoms with E-state index in [9.17, 15) is 27.9 Å².